The van der Waals surface area contributed by atoms with E-state index in [2.05, 4.69) is 48.2 Å². The number of nitrogens with zero attached hydrogens (tertiary/aromatic N) is 2. The van der Waals surface area contributed by atoms with Gasteiger partial charge in [-0.15, -0.1) is 24.0 Å². The third-order valence-corrected chi connectivity index (χ3v) is 6.54. The zero-order chi connectivity index (χ0) is 17.3. The molecule has 3 fully saturated rings. The van der Waals surface area contributed by atoms with Gasteiger partial charge in [0.1, 0.15) is 0 Å². The summed E-state index contributed by atoms with van der Waals surface area (Å²) in [5.74, 6) is 1.65. The lowest BCUT2D eigenvalue weighted by Gasteiger charge is -2.63. The number of aliphatic imine (C=N–C) groups is 1. The van der Waals surface area contributed by atoms with E-state index in [4.69, 9.17) is 4.74 Å². The molecule has 3 aliphatic rings. The lowest BCUT2D eigenvalue weighted by atomic mass is 9.46. The van der Waals surface area contributed by atoms with Crippen molar-refractivity contribution in [2.24, 2.45) is 16.3 Å². The minimum absolute atomic E-state index is 0. The van der Waals surface area contributed by atoms with E-state index in [9.17, 15) is 0 Å². The molecule has 1 spiro atoms. The zero-order valence-corrected chi connectivity index (χ0v) is 18.9. The summed E-state index contributed by atoms with van der Waals surface area (Å²) in [4.78, 5) is 6.98. The molecule has 0 amide bonds. The van der Waals surface area contributed by atoms with Gasteiger partial charge in [0.2, 0.25) is 0 Å². The molecule has 1 aliphatic heterocycles. The maximum atomic E-state index is 6.01. The van der Waals surface area contributed by atoms with E-state index >= 15 is 0 Å². The van der Waals surface area contributed by atoms with E-state index in [1.807, 2.05) is 7.05 Å². The van der Waals surface area contributed by atoms with Crippen molar-refractivity contribution in [1.29, 1.82) is 0 Å². The highest BCUT2D eigenvalue weighted by atomic mass is 127. The van der Waals surface area contributed by atoms with Crippen molar-refractivity contribution in [3.8, 4) is 0 Å². The molecule has 2 aliphatic carbocycles. The molecule has 3 atom stereocenters. The van der Waals surface area contributed by atoms with Crippen molar-refractivity contribution < 1.29 is 4.74 Å². The van der Waals surface area contributed by atoms with Crippen LogP contribution in [0.3, 0.4) is 0 Å². The predicted molar refractivity (Wildman–Crippen MR) is 115 cm³/mol. The summed E-state index contributed by atoms with van der Waals surface area (Å²) in [5.41, 5.74) is 0.403. The summed E-state index contributed by atoms with van der Waals surface area (Å²) in [7, 11) is 1.88. The maximum Gasteiger partial charge on any atom is 0.191 e. The van der Waals surface area contributed by atoms with Crippen LogP contribution in [-0.4, -0.2) is 61.8 Å². The third kappa shape index (κ3) is 3.95. The lowest BCUT2D eigenvalue weighted by molar-refractivity contribution is -0.171. The molecule has 0 bridgehead atoms. The van der Waals surface area contributed by atoms with Gasteiger partial charge in [0, 0.05) is 56.2 Å². The molecule has 2 saturated carbocycles. The molecule has 3 unspecified atom stereocenters. The van der Waals surface area contributed by atoms with E-state index in [1.54, 1.807) is 0 Å². The van der Waals surface area contributed by atoms with Crippen molar-refractivity contribution >= 4 is 29.9 Å². The van der Waals surface area contributed by atoms with Crippen LogP contribution >= 0.6 is 24.0 Å². The standard InChI is InChI=1S/C19H36N4O.HI/c1-13(2)23(14(3)4)11-10-21-18(20-5)22-16-15-7-12-24-17(15)19(16)8-6-9-19;/h13-17H,6-12H2,1-5H3,(H2,20,21,22);1H. The quantitative estimate of drug-likeness (QED) is 0.361. The zero-order valence-electron chi connectivity index (χ0n) is 16.5. The van der Waals surface area contributed by atoms with Crippen molar-refractivity contribution in [2.75, 3.05) is 26.7 Å². The van der Waals surface area contributed by atoms with Crippen LogP contribution in [0.2, 0.25) is 0 Å². The first-order valence-electron chi connectivity index (χ1n) is 9.84. The predicted octanol–water partition coefficient (Wildman–Crippen LogP) is 2.85. The topological polar surface area (TPSA) is 48.9 Å². The smallest absolute Gasteiger partial charge is 0.191 e. The lowest BCUT2D eigenvalue weighted by Crippen LogP contribution is -2.72. The highest BCUT2D eigenvalue weighted by molar-refractivity contribution is 14.0. The number of hydrogen-bond donors (Lipinski definition) is 2. The molecule has 1 heterocycles. The summed E-state index contributed by atoms with van der Waals surface area (Å²) in [6, 6.07) is 1.70. The first kappa shape index (κ1) is 21.2. The van der Waals surface area contributed by atoms with Gasteiger partial charge in [-0.25, -0.2) is 0 Å². The fraction of sp³-hybridized carbons (Fsp3) is 0.947. The molecular weight excluding hydrogens is 427 g/mol. The van der Waals surface area contributed by atoms with Gasteiger partial charge in [-0.1, -0.05) is 6.42 Å². The minimum Gasteiger partial charge on any atom is -0.377 e. The van der Waals surface area contributed by atoms with Crippen molar-refractivity contribution in [1.82, 2.24) is 15.5 Å². The van der Waals surface area contributed by atoms with Gasteiger partial charge in [0.05, 0.1) is 6.10 Å². The number of nitrogens with one attached hydrogen (secondary N) is 2. The van der Waals surface area contributed by atoms with Gasteiger partial charge >= 0.3 is 0 Å². The van der Waals surface area contributed by atoms with Gasteiger partial charge in [-0.3, -0.25) is 9.89 Å². The van der Waals surface area contributed by atoms with Crippen LogP contribution in [0.25, 0.3) is 0 Å². The molecule has 0 aromatic rings. The summed E-state index contributed by atoms with van der Waals surface area (Å²) < 4.78 is 6.01. The Morgan fingerprint density at radius 3 is 2.44 bits per heavy atom. The number of fused-ring (bicyclic) bond motifs is 2. The molecule has 3 rings (SSSR count). The van der Waals surface area contributed by atoms with E-state index in [0.29, 0.717) is 35.6 Å². The number of hydrogen-bond acceptors (Lipinski definition) is 3. The Bertz CT molecular complexity index is 456. The van der Waals surface area contributed by atoms with Crippen LogP contribution in [0.15, 0.2) is 4.99 Å². The molecule has 0 aromatic carbocycles. The molecule has 0 aromatic heterocycles. The highest BCUT2D eigenvalue weighted by Gasteiger charge is 2.66. The molecule has 5 nitrogen and oxygen atoms in total. The van der Waals surface area contributed by atoms with Gasteiger partial charge in [-0.05, 0) is 47.0 Å². The van der Waals surface area contributed by atoms with Crippen molar-refractivity contribution in [3.63, 3.8) is 0 Å². The van der Waals surface area contributed by atoms with Gasteiger partial charge < -0.3 is 15.4 Å². The SMILES string of the molecule is CN=C(NCCN(C(C)C)C(C)C)NC1C2CCOC2C12CCC2.I. The average Bonchev–Trinajstić information content (AvgIpc) is 2.89. The molecule has 0 radical (unpaired) electrons. The van der Waals surface area contributed by atoms with E-state index < -0.39 is 0 Å². The fourth-order valence-corrected chi connectivity index (χ4v) is 5.21. The number of ether oxygens (including phenoxy) is 1. The van der Waals surface area contributed by atoms with Gasteiger partial charge in [0.15, 0.2) is 5.96 Å². The largest absolute Gasteiger partial charge is 0.377 e. The Labute approximate surface area is 170 Å². The minimum atomic E-state index is 0. The van der Waals surface area contributed by atoms with Gasteiger partial charge in [0.25, 0.3) is 0 Å². The Morgan fingerprint density at radius 1 is 1.24 bits per heavy atom. The van der Waals surface area contributed by atoms with Crippen molar-refractivity contribution in [2.45, 2.75) is 77.6 Å². The normalized spacial score (nSPS) is 30.1. The van der Waals surface area contributed by atoms with Crippen LogP contribution in [0, 0.1) is 11.3 Å². The summed E-state index contributed by atoms with van der Waals surface area (Å²) >= 11 is 0. The molecule has 2 N–H and O–H groups in total. The Morgan fingerprint density at radius 2 is 1.92 bits per heavy atom. The summed E-state index contributed by atoms with van der Waals surface area (Å²) in [5, 5.41) is 7.27. The Balaban J connectivity index is 0.00000225. The van der Waals surface area contributed by atoms with Crippen LogP contribution in [0.1, 0.15) is 53.4 Å². The van der Waals surface area contributed by atoms with E-state index in [1.165, 1.54) is 25.7 Å². The summed E-state index contributed by atoms with van der Waals surface area (Å²) in [6.45, 7) is 12.0. The van der Waals surface area contributed by atoms with E-state index in [0.717, 1.165) is 25.7 Å². The Kier molecular flexibility index (Phi) is 7.42. The molecular formula is C19H37IN4O. The van der Waals surface area contributed by atoms with Crippen LogP contribution < -0.4 is 10.6 Å². The number of rotatable bonds is 6. The average molecular weight is 464 g/mol. The van der Waals surface area contributed by atoms with Crippen LogP contribution in [0.5, 0.6) is 0 Å². The molecule has 6 heteroatoms. The van der Waals surface area contributed by atoms with Crippen LogP contribution in [-0.2, 0) is 4.74 Å². The van der Waals surface area contributed by atoms with Crippen molar-refractivity contribution in [3.05, 3.63) is 0 Å². The fourth-order valence-electron chi connectivity index (χ4n) is 5.21. The Hall–Kier alpha value is -0.0800. The second-order valence-electron chi connectivity index (χ2n) is 8.38. The second-order valence-corrected chi connectivity index (χ2v) is 8.38. The first-order valence-corrected chi connectivity index (χ1v) is 9.84. The van der Waals surface area contributed by atoms with Crippen LogP contribution in [0.4, 0.5) is 0 Å². The monoisotopic (exact) mass is 464 g/mol. The maximum absolute atomic E-state index is 6.01. The van der Waals surface area contributed by atoms with Gasteiger partial charge in [-0.2, -0.15) is 0 Å². The number of guanidine groups is 1. The van der Waals surface area contributed by atoms with E-state index in [-0.39, 0.29) is 24.0 Å². The highest BCUT2D eigenvalue weighted by Crippen LogP contribution is 2.62. The molecule has 25 heavy (non-hydrogen) atoms. The second kappa shape index (κ2) is 8.74. The molecule has 146 valence electrons. The first-order chi connectivity index (χ1) is 11.5. The summed E-state index contributed by atoms with van der Waals surface area (Å²) in [6.07, 6.45) is 5.71. The number of halogens is 1. The third-order valence-electron chi connectivity index (χ3n) is 6.54. The molecule has 1 saturated heterocycles.